The maximum Gasteiger partial charge on any atom is 0.120 e. The Balaban J connectivity index is 1.85. The fourth-order valence-electron chi connectivity index (χ4n) is 1.94. The van der Waals surface area contributed by atoms with Gasteiger partial charge in [-0.25, -0.2) is 4.98 Å². The van der Waals surface area contributed by atoms with Gasteiger partial charge in [-0.1, -0.05) is 11.6 Å². The molecule has 3 rings (SSSR count). The third kappa shape index (κ3) is 2.69. The topological polar surface area (TPSA) is 71.8 Å². The molecule has 6 heteroatoms. The fraction of sp³-hybridized carbons (Fsp3) is 0.0714. The molecule has 0 saturated carbocycles. The second kappa shape index (κ2) is 5.26. The van der Waals surface area contributed by atoms with Crippen molar-refractivity contribution in [1.82, 2.24) is 9.97 Å². The number of nitrogen functional groups attached to an aromatic ring is 1. The number of H-pyrrole nitrogens is 1. The van der Waals surface area contributed by atoms with Gasteiger partial charge in [0.15, 0.2) is 0 Å². The summed E-state index contributed by atoms with van der Waals surface area (Å²) in [6.45, 7) is 0. The molecule has 0 aliphatic heterocycles. The Labute approximate surface area is 123 Å². The summed E-state index contributed by atoms with van der Waals surface area (Å²) in [5.41, 5.74) is 8.07. The van der Waals surface area contributed by atoms with Gasteiger partial charge in [-0.15, -0.1) is 0 Å². The van der Waals surface area contributed by atoms with Crippen molar-refractivity contribution < 1.29 is 4.21 Å². The van der Waals surface area contributed by atoms with Gasteiger partial charge in [-0.2, -0.15) is 0 Å². The molecule has 0 aliphatic rings. The van der Waals surface area contributed by atoms with Crippen molar-refractivity contribution >= 4 is 39.1 Å². The van der Waals surface area contributed by atoms with Crippen molar-refractivity contribution in [2.75, 3.05) is 5.73 Å². The van der Waals surface area contributed by atoms with Crippen molar-refractivity contribution in [3.63, 3.8) is 0 Å². The van der Waals surface area contributed by atoms with E-state index in [2.05, 4.69) is 9.97 Å². The average Bonchev–Trinajstić information content (AvgIpc) is 2.80. The van der Waals surface area contributed by atoms with Crippen LogP contribution in [-0.4, -0.2) is 14.2 Å². The van der Waals surface area contributed by atoms with E-state index in [9.17, 15) is 4.21 Å². The van der Waals surface area contributed by atoms with Crippen LogP contribution in [0.2, 0.25) is 5.02 Å². The van der Waals surface area contributed by atoms with E-state index in [0.29, 0.717) is 22.3 Å². The van der Waals surface area contributed by atoms with E-state index in [0.717, 1.165) is 15.9 Å². The summed E-state index contributed by atoms with van der Waals surface area (Å²) >= 11 is 5.82. The van der Waals surface area contributed by atoms with Gasteiger partial charge in [0.2, 0.25) is 0 Å². The molecule has 1 atom stereocenters. The van der Waals surface area contributed by atoms with Crippen LogP contribution in [0.3, 0.4) is 0 Å². The van der Waals surface area contributed by atoms with Gasteiger partial charge >= 0.3 is 0 Å². The molecule has 0 aliphatic carbocycles. The number of halogens is 1. The number of anilines is 1. The molecule has 20 heavy (non-hydrogen) atoms. The van der Waals surface area contributed by atoms with Gasteiger partial charge in [0.25, 0.3) is 0 Å². The van der Waals surface area contributed by atoms with Crippen LogP contribution >= 0.6 is 11.6 Å². The predicted molar refractivity (Wildman–Crippen MR) is 82.1 cm³/mol. The van der Waals surface area contributed by atoms with E-state index in [1.807, 2.05) is 12.1 Å². The molecule has 1 heterocycles. The minimum atomic E-state index is -1.16. The molecule has 0 saturated heterocycles. The monoisotopic (exact) mass is 305 g/mol. The molecule has 3 aromatic rings. The number of rotatable bonds is 3. The largest absolute Gasteiger partial charge is 0.399 e. The average molecular weight is 306 g/mol. The molecule has 0 spiro atoms. The molecular formula is C14H12ClN3OS. The first-order valence-corrected chi connectivity index (χ1v) is 7.69. The highest BCUT2D eigenvalue weighted by molar-refractivity contribution is 7.84. The predicted octanol–water partition coefficient (Wildman–Crippen LogP) is 3.11. The second-order valence-electron chi connectivity index (χ2n) is 4.40. The van der Waals surface area contributed by atoms with Crippen molar-refractivity contribution in [2.24, 2.45) is 0 Å². The lowest BCUT2D eigenvalue weighted by Gasteiger charge is -2.00. The van der Waals surface area contributed by atoms with E-state index in [4.69, 9.17) is 17.3 Å². The number of aromatic amines is 1. The lowest BCUT2D eigenvalue weighted by atomic mass is 10.3. The number of hydrogen-bond donors (Lipinski definition) is 2. The van der Waals surface area contributed by atoms with Gasteiger partial charge in [0.05, 0.1) is 27.6 Å². The second-order valence-corrected chi connectivity index (χ2v) is 6.29. The summed E-state index contributed by atoms with van der Waals surface area (Å²) in [7, 11) is -1.16. The quantitative estimate of drug-likeness (QED) is 0.730. The number of nitrogens with zero attached hydrogens (tertiary/aromatic N) is 1. The molecule has 1 aromatic heterocycles. The summed E-state index contributed by atoms with van der Waals surface area (Å²) in [4.78, 5) is 8.28. The van der Waals surface area contributed by atoms with Crippen LogP contribution in [-0.2, 0) is 16.6 Å². The van der Waals surface area contributed by atoms with Crippen molar-refractivity contribution in [3.8, 4) is 0 Å². The van der Waals surface area contributed by atoms with Crippen LogP contribution < -0.4 is 5.73 Å². The number of imidazole rings is 1. The highest BCUT2D eigenvalue weighted by Crippen LogP contribution is 2.18. The minimum absolute atomic E-state index is 0.330. The molecule has 3 N–H and O–H groups in total. The first-order chi connectivity index (χ1) is 9.61. The fourth-order valence-corrected chi connectivity index (χ4v) is 3.06. The van der Waals surface area contributed by atoms with Gasteiger partial charge in [0, 0.05) is 15.6 Å². The normalized spacial score (nSPS) is 12.7. The number of nitrogens with two attached hydrogens (primary N) is 1. The first-order valence-electron chi connectivity index (χ1n) is 6.00. The van der Waals surface area contributed by atoms with Gasteiger partial charge in [0.1, 0.15) is 5.82 Å². The standard InChI is InChI=1S/C14H12ClN3OS/c15-9-1-4-11(5-2-9)20(19)8-14-17-12-6-3-10(16)7-13(12)18-14/h1-7H,8,16H2,(H,17,18). The summed E-state index contributed by atoms with van der Waals surface area (Å²) in [6.07, 6.45) is 0. The summed E-state index contributed by atoms with van der Waals surface area (Å²) < 4.78 is 12.3. The SMILES string of the molecule is Nc1ccc2nc(CS(=O)c3ccc(Cl)cc3)[nH]c2c1. The maximum atomic E-state index is 12.3. The van der Waals surface area contributed by atoms with Crippen molar-refractivity contribution in [2.45, 2.75) is 10.6 Å². The third-order valence-corrected chi connectivity index (χ3v) is 4.48. The highest BCUT2D eigenvalue weighted by atomic mass is 35.5. The number of fused-ring (bicyclic) bond motifs is 1. The Bertz CT molecular complexity index is 783. The lowest BCUT2D eigenvalue weighted by molar-refractivity contribution is 0.681. The Morgan fingerprint density at radius 2 is 1.95 bits per heavy atom. The Morgan fingerprint density at radius 1 is 1.20 bits per heavy atom. The molecule has 1 unspecified atom stereocenters. The van der Waals surface area contributed by atoms with Crippen molar-refractivity contribution in [3.05, 3.63) is 53.3 Å². The molecule has 102 valence electrons. The van der Waals surface area contributed by atoms with Crippen LogP contribution in [0.1, 0.15) is 5.82 Å². The molecule has 0 fully saturated rings. The van der Waals surface area contributed by atoms with Crippen molar-refractivity contribution in [1.29, 1.82) is 0 Å². The van der Waals surface area contributed by atoms with Crippen LogP contribution in [0.25, 0.3) is 11.0 Å². The number of aromatic nitrogens is 2. The van der Waals surface area contributed by atoms with E-state index in [1.165, 1.54) is 0 Å². The zero-order valence-corrected chi connectivity index (χ0v) is 12.0. The minimum Gasteiger partial charge on any atom is -0.399 e. The van der Waals surface area contributed by atoms with Crippen LogP contribution in [0.4, 0.5) is 5.69 Å². The van der Waals surface area contributed by atoms with Crippen LogP contribution in [0, 0.1) is 0 Å². The summed E-state index contributed by atoms with van der Waals surface area (Å²) in [5, 5.41) is 0.630. The van der Waals surface area contributed by atoms with Gasteiger partial charge in [-0.3, -0.25) is 4.21 Å². The number of nitrogens with one attached hydrogen (secondary N) is 1. The third-order valence-electron chi connectivity index (χ3n) is 2.90. The molecule has 4 nitrogen and oxygen atoms in total. The Kier molecular flexibility index (Phi) is 3.46. The van der Waals surface area contributed by atoms with E-state index >= 15 is 0 Å². The number of hydrogen-bond acceptors (Lipinski definition) is 3. The van der Waals surface area contributed by atoms with Gasteiger partial charge in [-0.05, 0) is 42.5 Å². The molecule has 2 aromatic carbocycles. The van der Waals surface area contributed by atoms with Crippen LogP contribution in [0.5, 0.6) is 0 Å². The van der Waals surface area contributed by atoms with Crippen LogP contribution in [0.15, 0.2) is 47.4 Å². The molecule has 0 bridgehead atoms. The molecular weight excluding hydrogens is 294 g/mol. The van der Waals surface area contributed by atoms with Gasteiger partial charge < -0.3 is 10.7 Å². The summed E-state index contributed by atoms with van der Waals surface area (Å²) in [6, 6.07) is 12.4. The molecule has 0 radical (unpaired) electrons. The Hall–Kier alpha value is -1.85. The lowest BCUT2D eigenvalue weighted by Crippen LogP contribution is -1.98. The highest BCUT2D eigenvalue weighted by Gasteiger charge is 2.09. The zero-order chi connectivity index (χ0) is 14.1. The maximum absolute atomic E-state index is 12.3. The molecule has 0 amide bonds. The number of benzene rings is 2. The zero-order valence-electron chi connectivity index (χ0n) is 10.5. The van der Waals surface area contributed by atoms with E-state index in [1.54, 1.807) is 30.3 Å². The smallest absolute Gasteiger partial charge is 0.120 e. The van der Waals surface area contributed by atoms with E-state index < -0.39 is 10.8 Å². The first kappa shape index (κ1) is 13.1. The Morgan fingerprint density at radius 3 is 2.70 bits per heavy atom. The summed E-state index contributed by atoms with van der Waals surface area (Å²) in [5.74, 6) is 1.01. The van der Waals surface area contributed by atoms with E-state index in [-0.39, 0.29) is 0 Å².